The monoisotopic (exact) mass is 440 g/mol. The van der Waals surface area contributed by atoms with Crippen LogP contribution in [0.25, 0.3) is 0 Å². The molecule has 0 saturated carbocycles. The second kappa shape index (κ2) is 9.09. The zero-order chi connectivity index (χ0) is 22.6. The van der Waals surface area contributed by atoms with Crippen molar-refractivity contribution < 1.29 is 23.4 Å². The van der Waals surface area contributed by atoms with Crippen molar-refractivity contribution in [2.24, 2.45) is 0 Å². The molecule has 3 rings (SSSR count). The van der Waals surface area contributed by atoms with Gasteiger partial charge in [-0.25, -0.2) is 8.42 Å². The Morgan fingerprint density at radius 2 is 1.71 bits per heavy atom. The Hall–Kier alpha value is -3.52. The number of carbonyl (C=O) groups is 1. The predicted octanol–water partition coefficient (Wildman–Crippen LogP) is 4.09. The first-order valence-electron chi connectivity index (χ1n) is 9.72. The molecule has 0 radical (unpaired) electrons. The van der Waals surface area contributed by atoms with Gasteiger partial charge in [0.25, 0.3) is 15.9 Å². The van der Waals surface area contributed by atoms with E-state index in [0.29, 0.717) is 12.0 Å². The van der Waals surface area contributed by atoms with Gasteiger partial charge in [-0.3, -0.25) is 9.52 Å². The first-order chi connectivity index (χ1) is 14.7. The molecule has 162 valence electrons. The molecule has 0 bridgehead atoms. The molecular weight excluding hydrogens is 416 g/mol. The number of phenols is 2. The number of hydrogen-bond acceptors (Lipinski definition) is 5. The van der Waals surface area contributed by atoms with Gasteiger partial charge in [0.15, 0.2) is 0 Å². The van der Waals surface area contributed by atoms with E-state index in [-0.39, 0.29) is 33.7 Å². The van der Waals surface area contributed by atoms with Gasteiger partial charge in [-0.15, -0.1) is 0 Å². The standard InChI is InChI=1S/C23H24N2O5S/c1-3-20(16-7-5-4-6-8-16)24-23(28)19-13-17(26)10-12-21(19)25-31(29,30)18-11-9-15(2)22(27)14-18/h4-14,20,25-27H,3H2,1-2H3,(H,24,28). The molecule has 1 amide bonds. The van der Waals surface area contributed by atoms with E-state index in [2.05, 4.69) is 10.0 Å². The minimum absolute atomic E-state index is 0.0123. The van der Waals surface area contributed by atoms with Gasteiger partial charge in [0.05, 0.1) is 22.2 Å². The molecule has 0 aliphatic rings. The SMILES string of the molecule is CCC(NC(=O)c1cc(O)ccc1NS(=O)(=O)c1ccc(C)c(O)c1)c1ccccc1. The van der Waals surface area contributed by atoms with Gasteiger partial charge in [0.1, 0.15) is 11.5 Å². The average Bonchev–Trinajstić information content (AvgIpc) is 2.75. The van der Waals surface area contributed by atoms with Gasteiger partial charge in [0.2, 0.25) is 0 Å². The predicted molar refractivity (Wildman–Crippen MR) is 119 cm³/mol. The Balaban J connectivity index is 1.91. The summed E-state index contributed by atoms with van der Waals surface area (Å²) in [6.45, 7) is 3.58. The number of rotatable bonds is 7. The summed E-state index contributed by atoms with van der Waals surface area (Å²) >= 11 is 0. The first-order valence-corrected chi connectivity index (χ1v) is 11.2. The third kappa shape index (κ3) is 5.16. The lowest BCUT2D eigenvalue weighted by Gasteiger charge is -2.19. The van der Waals surface area contributed by atoms with E-state index >= 15 is 0 Å². The van der Waals surface area contributed by atoms with Crippen molar-refractivity contribution in [2.75, 3.05) is 4.72 Å². The molecule has 0 fully saturated rings. The summed E-state index contributed by atoms with van der Waals surface area (Å²) in [6, 6.07) is 16.9. The Bertz CT molecular complexity index is 1190. The van der Waals surface area contributed by atoms with Crippen LogP contribution in [0.2, 0.25) is 0 Å². The molecule has 3 aromatic rings. The van der Waals surface area contributed by atoms with Crippen LogP contribution in [0.5, 0.6) is 11.5 Å². The molecule has 1 atom stereocenters. The average molecular weight is 441 g/mol. The van der Waals surface area contributed by atoms with Crippen molar-refractivity contribution in [3.8, 4) is 11.5 Å². The molecule has 7 nitrogen and oxygen atoms in total. The van der Waals surface area contributed by atoms with Crippen LogP contribution in [0.15, 0.2) is 71.6 Å². The second-order valence-corrected chi connectivity index (χ2v) is 8.81. The molecular formula is C23H24N2O5S. The maximum Gasteiger partial charge on any atom is 0.262 e. The number of aryl methyl sites for hydroxylation is 1. The fraction of sp³-hybridized carbons (Fsp3) is 0.174. The Labute approximate surface area is 181 Å². The zero-order valence-corrected chi connectivity index (χ0v) is 18.0. The van der Waals surface area contributed by atoms with Crippen LogP contribution in [0.1, 0.15) is 40.9 Å². The van der Waals surface area contributed by atoms with Gasteiger partial charge in [0, 0.05) is 6.07 Å². The summed E-state index contributed by atoms with van der Waals surface area (Å²) in [5, 5.41) is 22.6. The fourth-order valence-corrected chi connectivity index (χ4v) is 4.21. The molecule has 4 N–H and O–H groups in total. The Morgan fingerprint density at radius 3 is 2.35 bits per heavy atom. The minimum atomic E-state index is -4.08. The van der Waals surface area contributed by atoms with E-state index < -0.39 is 15.9 Å². The summed E-state index contributed by atoms with van der Waals surface area (Å²) < 4.78 is 28.0. The molecule has 31 heavy (non-hydrogen) atoms. The van der Waals surface area contributed by atoms with Gasteiger partial charge >= 0.3 is 0 Å². The van der Waals surface area contributed by atoms with Crippen LogP contribution < -0.4 is 10.0 Å². The number of anilines is 1. The van der Waals surface area contributed by atoms with E-state index in [0.717, 1.165) is 11.6 Å². The number of phenolic OH excluding ortho intramolecular Hbond substituents is 2. The van der Waals surface area contributed by atoms with Crippen molar-refractivity contribution >= 4 is 21.6 Å². The molecule has 1 unspecified atom stereocenters. The molecule has 3 aromatic carbocycles. The van der Waals surface area contributed by atoms with E-state index in [9.17, 15) is 23.4 Å². The minimum Gasteiger partial charge on any atom is -0.508 e. The topological polar surface area (TPSA) is 116 Å². The molecule has 0 heterocycles. The maximum atomic E-state index is 13.0. The van der Waals surface area contributed by atoms with Crippen LogP contribution >= 0.6 is 0 Å². The summed E-state index contributed by atoms with van der Waals surface area (Å²) in [4.78, 5) is 12.8. The van der Waals surface area contributed by atoms with E-state index in [1.54, 1.807) is 6.92 Å². The third-order valence-electron chi connectivity index (χ3n) is 4.90. The summed E-state index contributed by atoms with van der Waals surface area (Å²) in [5.41, 5.74) is 1.44. The van der Waals surface area contributed by atoms with Crippen LogP contribution in [-0.4, -0.2) is 24.5 Å². The number of carbonyl (C=O) groups excluding carboxylic acids is 1. The molecule has 0 aliphatic carbocycles. The smallest absolute Gasteiger partial charge is 0.262 e. The first kappa shape index (κ1) is 22.2. The van der Waals surface area contributed by atoms with Gasteiger partial charge in [-0.2, -0.15) is 0 Å². The number of benzene rings is 3. The number of hydrogen-bond donors (Lipinski definition) is 4. The van der Waals surface area contributed by atoms with Crippen LogP contribution in [-0.2, 0) is 10.0 Å². The van der Waals surface area contributed by atoms with Crippen LogP contribution in [0, 0.1) is 6.92 Å². The molecule has 0 spiro atoms. The summed E-state index contributed by atoms with van der Waals surface area (Å²) in [7, 11) is -4.08. The fourth-order valence-electron chi connectivity index (χ4n) is 3.11. The van der Waals surface area contributed by atoms with E-state index in [1.165, 1.54) is 30.3 Å². The number of aromatic hydroxyl groups is 2. The zero-order valence-electron chi connectivity index (χ0n) is 17.2. The van der Waals surface area contributed by atoms with Crippen molar-refractivity contribution in [1.29, 1.82) is 0 Å². The summed E-state index contributed by atoms with van der Waals surface area (Å²) in [6.07, 6.45) is 0.623. The van der Waals surface area contributed by atoms with Gasteiger partial charge < -0.3 is 15.5 Å². The lowest BCUT2D eigenvalue weighted by molar-refractivity contribution is 0.0936. The van der Waals surface area contributed by atoms with E-state index in [1.807, 2.05) is 37.3 Å². The molecule has 0 saturated heterocycles. The lowest BCUT2D eigenvalue weighted by atomic mass is 10.0. The second-order valence-electron chi connectivity index (χ2n) is 7.13. The Morgan fingerprint density at radius 1 is 1.00 bits per heavy atom. The third-order valence-corrected chi connectivity index (χ3v) is 6.26. The van der Waals surface area contributed by atoms with Crippen molar-refractivity contribution in [3.63, 3.8) is 0 Å². The van der Waals surface area contributed by atoms with Crippen LogP contribution in [0.3, 0.4) is 0 Å². The highest BCUT2D eigenvalue weighted by Crippen LogP contribution is 2.27. The highest BCUT2D eigenvalue weighted by atomic mass is 32.2. The van der Waals surface area contributed by atoms with Crippen LogP contribution in [0.4, 0.5) is 5.69 Å². The van der Waals surface area contributed by atoms with Gasteiger partial charge in [-0.1, -0.05) is 43.3 Å². The molecule has 0 aromatic heterocycles. The molecule has 0 aliphatic heterocycles. The van der Waals surface area contributed by atoms with Crippen molar-refractivity contribution in [3.05, 3.63) is 83.4 Å². The maximum absolute atomic E-state index is 13.0. The summed E-state index contributed by atoms with van der Waals surface area (Å²) in [5.74, 6) is -0.856. The Kier molecular flexibility index (Phi) is 6.50. The highest BCUT2D eigenvalue weighted by molar-refractivity contribution is 7.92. The normalized spacial score (nSPS) is 12.2. The lowest BCUT2D eigenvalue weighted by Crippen LogP contribution is -2.29. The van der Waals surface area contributed by atoms with Gasteiger partial charge in [-0.05, 0) is 48.7 Å². The molecule has 8 heteroatoms. The number of nitrogens with one attached hydrogen (secondary N) is 2. The number of sulfonamides is 1. The van der Waals surface area contributed by atoms with E-state index in [4.69, 9.17) is 0 Å². The quantitative estimate of drug-likeness (QED) is 0.413. The number of amides is 1. The van der Waals surface area contributed by atoms with Crippen molar-refractivity contribution in [2.45, 2.75) is 31.2 Å². The van der Waals surface area contributed by atoms with Crippen molar-refractivity contribution in [1.82, 2.24) is 5.32 Å². The largest absolute Gasteiger partial charge is 0.508 e. The highest BCUT2D eigenvalue weighted by Gasteiger charge is 2.22.